The SMILES string of the molecule is COCCc1cc(NC(=O)N[C@@H](c2ccc(OC)c(F)c2)C(F)F)n(C)n1. The molecule has 0 bridgehead atoms. The number of nitrogens with zero attached hydrogens (tertiary/aromatic N) is 2. The van der Waals surface area contributed by atoms with Crippen LogP contribution >= 0.6 is 0 Å². The summed E-state index contributed by atoms with van der Waals surface area (Å²) in [5.74, 6) is -0.542. The fourth-order valence-electron chi connectivity index (χ4n) is 2.43. The Balaban J connectivity index is 2.09. The first-order chi connectivity index (χ1) is 12.8. The lowest BCUT2D eigenvalue weighted by molar-refractivity contribution is 0.102. The van der Waals surface area contributed by atoms with Crippen molar-refractivity contribution in [3.8, 4) is 5.75 Å². The normalized spacial score (nSPS) is 12.1. The Kier molecular flexibility index (Phi) is 7.05. The van der Waals surface area contributed by atoms with E-state index in [4.69, 9.17) is 9.47 Å². The molecule has 0 unspecified atom stereocenters. The topological polar surface area (TPSA) is 77.4 Å². The first kappa shape index (κ1) is 20.6. The van der Waals surface area contributed by atoms with Crippen LogP contribution in [0.15, 0.2) is 24.3 Å². The molecule has 0 aliphatic carbocycles. The van der Waals surface area contributed by atoms with Gasteiger partial charge < -0.3 is 14.8 Å². The maximum Gasteiger partial charge on any atom is 0.321 e. The van der Waals surface area contributed by atoms with Gasteiger partial charge in [-0.15, -0.1) is 0 Å². The lowest BCUT2D eigenvalue weighted by Crippen LogP contribution is -2.36. The Bertz CT molecular complexity index is 783. The van der Waals surface area contributed by atoms with Crippen molar-refractivity contribution in [2.75, 3.05) is 26.1 Å². The number of hydrogen-bond acceptors (Lipinski definition) is 4. The number of rotatable bonds is 8. The molecule has 1 aromatic heterocycles. The van der Waals surface area contributed by atoms with E-state index in [-0.39, 0.29) is 11.3 Å². The smallest absolute Gasteiger partial charge is 0.321 e. The van der Waals surface area contributed by atoms with E-state index in [9.17, 15) is 18.0 Å². The van der Waals surface area contributed by atoms with Crippen LogP contribution in [0.4, 0.5) is 23.8 Å². The van der Waals surface area contributed by atoms with Gasteiger partial charge in [-0.05, 0) is 17.7 Å². The summed E-state index contributed by atoms with van der Waals surface area (Å²) in [6.45, 7) is 0.457. The van der Waals surface area contributed by atoms with E-state index in [1.165, 1.54) is 23.9 Å². The predicted octanol–water partition coefficient (Wildman–Crippen LogP) is 2.88. The second-order valence-electron chi connectivity index (χ2n) is 5.69. The molecule has 0 fully saturated rings. The van der Waals surface area contributed by atoms with Gasteiger partial charge in [-0.1, -0.05) is 6.07 Å². The van der Waals surface area contributed by atoms with Crippen molar-refractivity contribution in [2.45, 2.75) is 18.9 Å². The maximum atomic E-state index is 13.8. The monoisotopic (exact) mass is 386 g/mol. The first-order valence-electron chi connectivity index (χ1n) is 8.06. The highest BCUT2D eigenvalue weighted by Gasteiger charge is 2.26. The van der Waals surface area contributed by atoms with Crippen LogP contribution in [0.5, 0.6) is 5.75 Å². The molecule has 2 amide bonds. The highest BCUT2D eigenvalue weighted by molar-refractivity contribution is 5.88. The van der Waals surface area contributed by atoms with Crippen molar-refractivity contribution in [2.24, 2.45) is 7.05 Å². The van der Waals surface area contributed by atoms with Crippen LogP contribution in [0.25, 0.3) is 0 Å². The molecule has 0 aliphatic rings. The number of anilines is 1. The molecule has 2 N–H and O–H groups in total. The van der Waals surface area contributed by atoms with Crippen LogP contribution < -0.4 is 15.4 Å². The Morgan fingerprint density at radius 3 is 2.63 bits per heavy atom. The van der Waals surface area contributed by atoms with Crippen LogP contribution in [0.1, 0.15) is 17.3 Å². The quantitative estimate of drug-likeness (QED) is 0.731. The van der Waals surface area contributed by atoms with E-state index < -0.39 is 24.3 Å². The van der Waals surface area contributed by atoms with Crippen LogP contribution in [0.3, 0.4) is 0 Å². The van der Waals surface area contributed by atoms with Crippen molar-refractivity contribution >= 4 is 11.8 Å². The van der Waals surface area contributed by atoms with Gasteiger partial charge in [0.15, 0.2) is 11.6 Å². The third kappa shape index (κ3) is 5.36. The molecule has 2 aromatic rings. The van der Waals surface area contributed by atoms with Gasteiger partial charge in [0, 0.05) is 26.6 Å². The number of benzene rings is 1. The van der Waals surface area contributed by atoms with Gasteiger partial charge in [0.05, 0.1) is 19.4 Å². The minimum atomic E-state index is -2.94. The number of aromatic nitrogens is 2. The van der Waals surface area contributed by atoms with Crippen LogP contribution in [-0.4, -0.2) is 43.1 Å². The minimum absolute atomic E-state index is 0.0744. The fraction of sp³-hybridized carbons (Fsp3) is 0.412. The minimum Gasteiger partial charge on any atom is -0.494 e. The molecule has 10 heteroatoms. The summed E-state index contributed by atoms with van der Waals surface area (Å²) in [4.78, 5) is 12.1. The molecule has 7 nitrogen and oxygen atoms in total. The number of alkyl halides is 2. The number of aryl methyl sites for hydroxylation is 1. The molecular formula is C17H21F3N4O3. The molecule has 27 heavy (non-hydrogen) atoms. The first-order valence-corrected chi connectivity index (χ1v) is 8.06. The molecule has 0 saturated carbocycles. The van der Waals surface area contributed by atoms with E-state index in [1.54, 1.807) is 20.2 Å². The van der Waals surface area contributed by atoms with Crippen molar-refractivity contribution < 1.29 is 27.4 Å². The average Bonchev–Trinajstić information content (AvgIpc) is 2.97. The van der Waals surface area contributed by atoms with E-state index in [1.807, 2.05) is 0 Å². The lowest BCUT2D eigenvalue weighted by Gasteiger charge is -2.19. The lowest BCUT2D eigenvalue weighted by atomic mass is 10.1. The van der Waals surface area contributed by atoms with Crippen molar-refractivity contribution in [1.82, 2.24) is 15.1 Å². The largest absolute Gasteiger partial charge is 0.494 e. The number of amides is 2. The van der Waals surface area contributed by atoms with Crippen LogP contribution in [-0.2, 0) is 18.2 Å². The molecule has 2 rings (SSSR count). The average molecular weight is 386 g/mol. The van der Waals surface area contributed by atoms with Crippen LogP contribution in [0.2, 0.25) is 0 Å². The van der Waals surface area contributed by atoms with Gasteiger partial charge in [-0.2, -0.15) is 5.10 Å². The highest BCUT2D eigenvalue weighted by atomic mass is 19.3. The molecule has 1 heterocycles. The molecule has 1 aromatic carbocycles. The van der Waals surface area contributed by atoms with Crippen molar-refractivity contribution in [3.05, 3.63) is 41.3 Å². The third-order valence-electron chi connectivity index (χ3n) is 3.81. The Labute approximate surface area is 154 Å². The Hall–Kier alpha value is -2.75. The number of methoxy groups -OCH3 is 2. The number of urea groups is 1. The van der Waals surface area contributed by atoms with Gasteiger partial charge in [0.25, 0.3) is 6.43 Å². The fourth-order valence-corrected chi connectivity index (χ4v) is 2.43. The second-order valence-corrected chi connectivity index (χ2v) is 5.69. The van der Waals surface area contributed by atoms with E-state index in [0.29, 0.717) is 24.5 Å². The maximum absolute atomic E-state index is 13.8. The number of hydrogen-bond donors (Lipinski definition) is 2. The molecule has 0 spiro atoms. The number of carbonyl (C=O) groups excluding carboxylic acids is 1. The zero-order chi connectivity index (χ0) is 20.0. The van der Waals surface area contributed by atoms with Gasteiger partial charge in [0.1, 0.15) is 11.9 Å². The van der Waals surface area contributed by atoms with Crippen molar-refractivity contribution in [3.63, 3.8) is 0 Å². The molecule has 1 atom stereocenters. The van der Waals surface area contributed by atoms with Crippen LogP contribution in [0, 0.1) is 5.82 Å². The van der Waals surface area contributed by atoms with Crippen molar-refractivity contribution in [1.29, 1.82) is 0 Å². The van der Waals surface area contributed by atoms with E-state index in [0.717, 1.165) is 6.07 Å². The number of carbonyl (C=O) groups is 1. The molecule has 148 valence electrons. The van der Waals surface area contributed by atoms with Gasteiger partial charge >= 0.3 is 6.03 Å². The molecule has 0 aliphatic heterocycles. The van der Waals surface area contributed by atoms with E-state index in [2.05, 4.69) is 15.7 Å². The zero-order valence-corrected chi connectivity index (χ0v) is 15.1. The predicted molar refractivity (Wildman–Crippen MR) is 92.6 cm³/mol. The summed E-state index contributed by atoms with van der Waals surface area (Å²) in [6, 6.07) is 2.46. The summed E-state index contributed by atoms with van der Waals surface area (Å²) in [7, 11) is 4.43. The van der Waals surface area contributed by atoms with Gasteiger partial charge in [0.2, 0.25) is 0 Å². The summed E-state index contributed by atoms with van der Waals surface area (Å²) < 4.78 is 51.7. The summed E-state index contributed by atoms with van der Waals surface area (Å²) >= 11 is 0. The van der Waals surface area contributed by atoms with E-state index >= 15 is 0 Å². The number of nitrogens with one attached hydrogen (secondary N) is 2. The third-order valence-corrected chi connectivity index (χ3v) is 3.81. The highest BCUT2D eigenvalue weighted by Crippen LogP contribution is 2.26. The summed E-state index contributed by atoms with van der Waals surface area (Å²) in [6.07, 6.45) is -2.40. The Morgan fingerprint density at radius 2 is 2.04 bits per heavy atom. The second kappa shape index (κ2) is 9.26. The number of halogens is 3. The zero-order valence-electron chi connectivity index (χ0n) is 15.1. The standard InChI is InChI=1S/C17H21F3N4O3/c1-24-14(9-11(23-24)6-7-26-2)21-17(25)22-15(16(19)20)10-4-5-13(27-3)12(18)8-10/h4-5,8-9,15-16H,6-7H2,1-3H3,(H2,21,22,25)/t15-/m0/s1. The number of ether oxygens (including phenoxy) is 2. The molecular weight excluding hydrogens is 365 g/mol. The summed E-state index contributed by atoms with van der Waals surface area (Å²) in [5, 5.41) is 8.80. The van der Waals surface area contributed by atoms with Gasteiger partial charge in [-0.25, -0.2) is 18.0 Å². The molecule has 0 saturated heterocycles. The van der Waals surface area contributed by atoms with Gasteiger partial charge in [-0.3, -0.25) is 10.00 Å². The summed E-state index contributed by atoms with van der Waals surface area (Å²) in [5.41, 5.74) is 0.599. The Morgan fingerprint density at radius 1 is 1.30 bits per heavy atom. The molecule has 0 radical (unpaired) electrons.